The molecule has 2 bridgehead atoms. The lowest BCUT2D eigenvalue weighted by atomic mass is 9.70. The third-order valence-corrected chi connectivity index (χ3v) is 6.68. The Labute approximate surface area is 95.9 Å². The molecular formula is C10H14Br2O. The number of hydrogen-bond donors (Lipinski definition) is 0. The summed E-state index contributed by atoms with van der Waals surface area (Å²) < 4.78 is 0. The number of halogens is 2. The molecule has 2 rings (SSSR count). The zero-order valence-corrected chi connectivity index (χ0v) is 11.1. The van der Waals surface area contributed by atoms with Gasteiger partial charge in [0.05, 0.1) is 4.83 Å². The van der Waals surface area contributed by atoms with Crippen molar-refractivity contribution in [3.8, 4) is 0 Å². The minimum Gasteiger partial charge on any atom is -0.298 e. The minimum absolute atomic E-state index is 0.0880. The SMILES string of the molecule is C[C@]12CC[C@@H]([C@H](Br)C1=O)[C@@]2(C)CBr. The molecular weight excluding hydrogens is 296 g/mol. The smallest absolute Gasteiger partial charge is 0.153 e. The first-order chi connectivity index (χ1) is 5.97. The molecule has 4 atom stereocenters. The Bertz CT molecular complexity index is 266. The number of fused-ring (bicyclic) bond motifs is 2. The van der Waals surface area contributed by atoms with Gasteiger partial charge >= 0.3 is 0 Å². The highest BCUT2D eigenvalue weighted by atomic mass is 79.9. The van der Waals surface area contributed by atoms with E-state index in [2.05, 4.69) is 45.7 Å². The van der Waals surface area contributed by atoms with E-state index in [9.17, 15) is 4.79 Å². The topological polar surface area (TPSA) is 17.1 Å². The number of rotatable bonds is 1. The van der Waals surface area contributed by atoms with E-state index in [0.29, 0.717) is 11.7 Å². The van der Waals surface area contributed by atoms with Gasteiger partial charge in [-0.3, -0.25) is 4.79 Å². The van der Waals surface area contributed by atoms with Crippen molar-refractivity contribution >= 4 is 37.6 Å². The van der Waals surface area contributed by atoms with Gasteiger partial charge in [-0.25, -0.2) is 0 Å². The maximum Gasteiger partial charge on any atom is 0.153 e. The Morgan fingerprint density at radius 2 is 2.15 bits per heavy atom. The van der Waals surface area contributed by atoms with Gasteiger partial charge in [-0.2, -0.15) is 0 Å². The first-order valence-corrected chi connectivity index (χ1v) is 6.75. The molecule has 13 heavy (non-hydrogen) atoms. The summed E-state index contributed by atoms with van der Waals surface area (Å²) in [6.45, 7) is 4.39. The quantitative estimate of drug-likeness (QED) is 0.680. The van der Waals surface area contributed by atoms with Crippen molar-refractivity contribution in [3.05, 3.63) is 0 Å². The van der Waals surface area contributed by atoms with Crippen LogP contribution in [0.2, 0.25) is 0 Å². The van der Waals surface area contributed by atoms with Crippen LogP contribution < -0.4 is 0 Å². The second kappa shape index (κ2) is 2.82. The molecule has 74 valence electrons. The molecule has 2 saturated carbocycles. The Hall–Kier alpha value is 0.630. The fraction of sp³-hybridized carbons (Fsp3) is 0.900. The van der Waals surface area contributed by atoms with E-state index in [-0.39, 0.29) is 15.7 Å². The first kappa shape index (κ1) is 10.2. The van der Waals surface area contributed by atoms with Gasteiger partial charge in [0.15, 0.2) is 5.78 Å². The maximum atomic E-state index is 12.0. The fourth-order valence-electron chi connectivity index (χ4n) is 3.07. The zero-order chi connectivity index (χ0) is 9.85. The average Bonchev–Trinajstić information content (AvgIpc) is 2.44. The highest BCUT2D eigenvalue weighted by Crippen LogP contribution is 2.65. The summed E-state index contributed by atoms with van der Waals surface area (Å²) in [5.41, 5.74) is 0.0770. The molecule has 0 aromatic rings. The molecule has 0 spiro atoms. The van der Waals surface area contributed by atoms with Crippen LogP contribution >= 0.6 is 31.9 Å². The van der Waals surface area contributed by atoms with Gasteiger partial charge in [0.1, 0.15) is 0 Å². The van der Waals surface area contributed by atoms with E-state index in [4.69, 9.17) is 0 Å². The van der Waals surface area contributed by atoms with E-state index in [1.54, 1.807) is 0 Å². The summed E-state index contributed by atoms with van der Waals surface area (Å²) in [4.78, 5) is 12.1. The van der Waals surface area contributed by atoms with Crippen molar-refractivity contribution in [2.24, 2.45) is 16.7 Å². The molecule has 0 N–H and O–H groups in total. The highest BCUT2D eigenvalue weighted by Gasteiger charge is 2.67. The van der Waals surface area contributed by atoms with Crippen molar-refractivity contribution in [1.82, 2.24) is 0 Å². The Morgan fingerprint density at radius 3 is 2.46 bits per heavy atom. The Balaban J connectivity index is 2.49. The molecule has 0 heterocycles. The number of hydrogen-bond acceptors (Lipinski definition) is 1. The molecule has 2 aliphatic carbocycles. The van der Waals surface area contributed by atoms with Gasteiger partial charge in [0.25, 0.3) is 0 Å². The van der Waals surface area contributed by atoms with Crippen LogP contribution in [0.4, 0.5) is 0 Å². The first-order valence-electron chi connectivity index (χ1n) is 4.72. The van der Waals surface area contributed by atoms with Gasteiger partial charge < -0.3 is 0 Å². The van der Waals surface area contributed by atoms with Crippen LogP contribution in [0.25, 0.3) is 0 Å². The van der Waals surface area contributed by atoms with Crippen LogP contribution in [0.1, 0.15) is 26.7 Å². The lowest BCUT2D eigenvalue weighted by molar-refractivity contribution is -0.127. The number of ketones is 1. The van der Waals surface area contributed by atoms with E-state index in [0.717, 1.165) is 11.8 Å². The second-order valence-electron chi connectivity index (χ2n) is 4.79. The standard InChI is InChI=1S/C10H14Br2O/c1-9-4-3-6(7(12)8(9)13)10(9,2)5-11/h6-7H,3-5H2,1-2H3/t6-,7-,9-,10+/m0/s1. The fourth-order valence-corrected chi connectivity index (χ4v) is 5.45. The highest BCUT2D eigenvalue weighted by molar-refractivity contribution is 9.10. The van der Waals surface area contributed by atoms with Gasteiger partial charge in [0, 0.05) is 10.7 Å². The number of alkyl halides is 2. The van der Waals surface area contributed by atoms with Crippen LogP contribution in [0.3, 0.4) is 0 Å². The molecule has 0 aliphatic heterocycles. The molecule has 2 fully saturated rings. The summed E-state index contributed by atoms with van der Waals surface area (Å²) in [5.74, 6) is 0.954. The zero-order valence-electron chi connectivity index (χ0n) is 7.94. The monoisotopic (exact) mass is 308 g/mol. The van der Waals surface area contributed by atoms with Crippen LogP contribution in [0, 0.1) is 16.7 Å². The Morgan fingerprint density at radius 1 is 1.54 bits per heavy atom. The van der Waals surface area contributed by atoms with Crippen molar-refractivity contribution in [1.29, 1.82) is 0 Å². The van der Waals surface area contributed by atoms with Crippen LogP contribution in [-0.2, 0) is 4.79 Å². The van der Waals surface area contributed by atoms with Gasteiger partial charge in [-0.15, -0.1) is 0 Å². The van der Waals surface area contributed by atoms with Gasteiger partial charge in [0.2, 0.25) is 0 Å². The summed E-state index contributed by atoms with van der Waals surface area (Å²) in [6, 6.07) is 0. The van der Waals surface area contributed by atoms with Crippen molar-refractivity contribution in [2.45, 2.75) is 31.5 Å². The van der Waals surface area contributed by atoms with Gasteiger partial charge in [-0.1, -0.05) is 45.7 Å². The van der Waals surface area contributed by atoms with E-state index >= 15 is 0 Å². The van der Waals surface area contributed by atoms with E-state index in [1.165, 1.54) is 6.42 Å². The molecule has 0 aromatic heterocycles. The largest absolute Gasteiger partial charge is 0.298 e. The second-order valence-corrected chi connectivity index (χ2v) is 6.34. The van der Waals surface area contributed by atoms with Crippen LogP contribution in [0.5, 0.6) is 0 Å². The Kier molecular flexibility index (Phi) is 2.20. The lowest BCUT2D eigenvalue weighted by Gasteiger charge is -2.34. The molecule has 0 unspecified atom stereocenters. The van der Waals surface area contributed by atoms with Crippen molar-refractivity contribution < 1.29 is 4.79 Å². The normalized spacial score (nSPS) is 54.6. The number of carbonyl (C=O) groups excluding carboxylic acids is 1. The summed E-state index contributed by atoms with van der Waals surface area (Å²) in [6.07, 6.45) is 2.26. The summed E-state index contributed by atoms with van der Waals surface area (Å²) >= 11 is 7.11. The molecule has 0 saturated heterocycles. The van der Waals surface area contributed by atoms with Gasteiger partial charge in [-0.05, 0) is 24.2 Å². The number of Topliss-reactive ketones (excluding diaryl/α,β-unsaturated/α-hetero) is 1. The number of carbonyl (C=O) groups is 1. The summed E-state index contributed by atoms with van der Waals surface area (Å²) in [7, 11) is 0. The van der Waals surface area contributed by atoms with Crippen LogP contribution in [-0.4, -0.2) is 15.9 Å². The summed E-state index contributed by atoms with van der Waals surface area (Å²) in [5, 5.41) is 0.939. The van der Waals surface area contributed by atoms with Crippen molar-refractivity contribution in [3.63, 3.8) is 0 Å². The van der Waals surface area contributed by atoms with E-state index < -0.39 is 0 Å². The molecule has 0 amide bonds. The van der Waals surface area contributed by atoms with Crippen molar-refractivity contribution in [2.75, 3.05) is 5.33 Å². The molecule has 0 radical (unpaired) electrons. The maximum absolute atomic E-state index is 12.0. The predicted molar refractivity (Wildman–Crippen MR) is 60.5 cm³/mol. The van der Waals surface area contributed by atoms with E-state index in [1.807, 2.05) is 0 Å². The molecule has 2 aliphatic rings. The third kappa shape index (κ3) is 0.956. The minimum atomic E-state index is -0.0880. The molecule has 1 nitrogen and oxygen atoms in total. The predicted octanol–water partition coefficient (Wildman–Crippen LogP) is 3.15. The van der Waals surface area contributed by atoms with Crippen LogP contribution in [0.15, 0.2) is 0 Å². The molecule has 3 heteroatoms. The lowest BCUT2D eigenvalue weighted by Crippen LogP contribution is -2.36. The molecule has 0 aromatic carbocycles. The average molecular weight is 310 g/mol. The third-order valence-electron chi connectivity index (χ3n) is 4.46.